The number of amides is 1. The topological polar surface area (TPSA) is 86.7 Å². The van der Waals surface area contributed by atoms with Gasteiger partial charge in [0.05, 0.1) is 0 Å². The number of primary amides is 1. The number of carbonyl (C=O) groups is 1. The maximum absolute atomic E-state index is 11.0. The number of hydrogen-bond donors (Lipinski definition) is 1. The predicted molar refractivity (Wildman–Crippen MR) is 66.7 cm³/mol. The maximum atomic E-state index is 11.0. The second-order valence-corrected chi connectivity index (χ2v) is 4.08. The van der Waals surface area contributed by atoms with Crippen molar-refractivity contribution in [3.05, 3.63) is 35.0 Å². The number of carbonyl (C=O) groups excluding carboxylic acids is 1. The number of aromatic nitrogens is 4. The van der Waals surface area contributed by atoms with E-state index in [4.69, 9.17) is 17.3 Å². The number of halogens is 1. The summed E-state index contributed by atoms with van der Waals surface area (Å²) in [6, 6.07) is 1.54. The zero-order valence-electron chi connectivity index (χ0n) is 9.80. The summed E-state index contributed by atoms with van der Waals surface area (Å²) >= 11 is 6.04. The summed E-state index contributed by atoms with van der Waals surface area (Å²) in [7, 11) is 0. The SMILES string of the molecule is CCCc1c(Cl)ncnc1-n1ccc(C(N)=O)n1. The Bertz CT molecular complexity index is 581. The van der Waals surface area contributed by atoms with E-state index in [0.717, 1.165) is 18.4 Å². The highest BCUT2D eigenvalue weighted by molar-refractivity contribution is 6.30. The van der Waals surface area contributed by atoms with Crippen LogP contribution in [-0.4, -0.2) is 25.7 Å². The molecule has 0 atom stereocenters. The third kappa shape index (κ3) is 2.33. The fourth-order valence-electron chi connectivity index (χ4n) is 1.62. The molecule has 0 radical (unpaired) electrons. The fraction of sp³-hybridized carbons (Fsp3) is 0.273. The molecule has 0 spiro atoms. The van der Waals surface area contributed by atoms with Crippen LogP contribution in [0.4, 0.5) is 0 Å². The minimum Gasteiger partial charge on any atom is -0.364 e. The molecule has 18 heavy (non-hydrogen) atoms. The van der Waals surface area contributed by atoms with Crippen molar-refractivity contribution in [1.82, 2.24) is 19.7 Å². The van der Waals surface area contributed by atoms with Crippen molar-refractivity contribution in [3.63, 3.8) is 0 Å². The molecule has 7 heteroatoms. The van der Waals surface area contributed by atoms with Gasteiger partial charge in [0.1, 0.15) is 17.2 Å². The summed E-state index contributed by atoms with van der Waals surface area (Å²) in [5, 5.41) is 4.46. The van der Waals surface area contributed by atoms with Crippen LogP contribution in [0.2, 0.25) is 5.15 Å². The van der Waals surface area contributed by atoms with Crippen LogP contribution in [0.5, 0.6) is 0 Å². The summed E-state index contributed by atoms with van der Waals surface area (Å²) in [4.78, 5) is 19.1. The predicted octanol–water partition coefficient (Wildman–Crippen LogP) is 1.37. The summed E-state index contributed by atoms with van der Waals surface area (Å²) in [6.07, 6.45) is 4.63. The monoisotopic (exact) mass is 265 g/mol. The minimum atomic E-state index is -0.578. The normalized spacial score (nSPS) is 10.6. The molecule has 0 saturated carbocycles. The summed E-state index contributed by atoms with van der Waals surface area (Å²) in [5.74, 6) is -0.00436. The van der Waals surface area contributed by atoms with Crippen LogP contribution in [0.15, 0.2) is 18.6 Å². The smallest absolute Gasteiger partial charge is 0.269 e. The Hall–Kier alpha value is -1.95. The summed E-state index contributed by atoms with van der Waals surface area (Å²) in [6.45, 7) is 2.03. The first-order valence-corrected chi connectivity index (χ1v) is 5.86. The van der Waals surface area contributed by atoms with Crippen LogP contribution in [0.1, 0.15) is 29.4 Å². The van der Waals surface area contributed by atoms with E-state index in [1.54, 1.807) is 6.20 Å². The van der Waals surface area contributed by atoms with Gasteiger partial charge in [-0.25, -0.2) is 14.6 Å². The zero-order chi connectivity index (χ0) is 13.1. The van der Waals surface area contributed by atoms with Gasteiger partial charge < -0.3 is 5.73 Å². The van der Waals surface area contributed by atoms with Crippen molar-refractivity contribution in [2.24, 2.45) is 5.73 Å². The standard InChI is InChI=1S/C11H12ClN5O/c1-2-3-7-9(12)14-6-15-11(7)17-5-4-8(16-17)10(13)18/h4-6H,2-3H2,1H3,(H2,13,18). The molecule has 0 fully saturated rings. The van der Waals surface area contributed by atoms with Crippen LogP contribution in [0.3, 0.4) is 0 Å². The first-order chi connectivity index (χ1) is 8.63. The molecule has 6 nitrogen and oxygen atoms in total. The molecule has 0 saturated heterocycles. The lowest BCUT2D eigenvalue weighted by Crippen LogP contribution is -2.13. The molecule has 0 aliphatic heterocycles. The average molecular weight is 266 g/mol. The Kier molecular flexibility index (Phi) is 3.57. The Morgan fingerprint density at radius 1 is 1.50 bits per heavy atom. The molecular formula is C11H12ClN5O. The lowest BCUT2D eigenvalue weighted by Gasteiger charge is -2.08. The van der Waals surface area contributed by atoms with Gasteiger partial charge in [-0.05, 0) is 12.5 Å². The van der Waals surface area contributed by atoms with E-state index in [0.29, 0.717) is 11.0 Å². The minimum absolute atomic E-state index is 0.187. The van der Waals surface area contributed by atoms with Crippen LogP contribution >= 0.6 is 11.6 Å². The highest BCUT2D eigenvalue weighted by atomic mass is 35.5. The first-order valence-electron chi connectivity index (χ1n) is 5.48. The van der Waals surface area contributed by atoms with Crippen LogP contribution < -0.4 is 5.73 Å². The van der Waals surface area contributed by atoms with Gasteiger partial charge in [-0.1, -0.05) is 24.9 Å². The molecule has 1 amide bonds. The van der Waals surface area contributed by atoms with E-state index in [1.165, 1.54) is 17.1 Å². The van der Waals surface area contributed by atoms with Gasteiger partial charge >= 0.3 is 0 Å². The molecule has 0 aromatic carbocycles. The highest BCUT2D eigenvalue weighted by Crippen LogP contribution is 2.20. The van der Waals surface area contributed by atoms with Crippen LogP contribution in [0.25, 0.3) is 5.82 Å². The molecule has 0 bridgehead atoms. The maximum Gasteiger partial charge on any atom is 0.269 e. The molecule has 0 unspecified atom stereocenters. The molecule has 2 rings (SSSR count). The van der Waals surface area contributed by atoms with E-state index < -0.39 is 5.91 Å². The molecule has 0 aliphatic rings. The quantitative estimate of drug-likeness (QED) is 0.846. The summed E-state index contributed by atoms with van der Waals surface area (Å²) in [5.41, 5.74) is 6.15. The Labute approximate surface area is 109 Å². The number of hydrogen-bond acceptors (Lipinski definition) is 4. The van der Waals surface area contributed by atoms with Crippen molar-refractivity contribution < 1.29 is 4.79 Å². The molecule has 2 aromatic heterocycles. The third-order valence-corrected chi connectivity index (χ3v) is 2.75. The van der Waals surface area contributed by atoms with Gasteiger partial charge in [-0.15, -0.1) is 0 Å². The Morgan fingerprint density at radius 2 is 2.28 bits per heavy atom. The van der Waals surface area contributed by atoms with Crippen molar-refractivity contribution in [2.45, 2.75) is 19.8 Å². The van der Waals surface area contributed by atoms with E-state index in [-0.39, 0.29) is 5.69 Å². The lowest BCUT2D eigenvalue weighted by atomic mass is 10.2. The number of nitrogens with zero attached hydrogens (tertiary/aromatic N) is 4. The van der Waals surface area contributed by atoms with E-state index in [1.807, 2.05) is 6.92 Å². The second kappa shape index (κ2) is 5.14. The van der Waals surface area contributed by atoms with E-state index in [2.05, 4.69) is 15.1 Å². The van der Waals surface area contributed by atoms with Gasteiger partial charge in [0.25, 0.3) is 5.91 Å². The van der Waals surface area contributed by atoms with Crippen LogP contribution in [0, 0.1) is 0 Å². The van der Waals surface area contributed by atoms with Crippen LogP contribution in [-0.2, 0) is 6.42 Å². The number of rotatable bonds is 4. The highest BCUT2D eigenvalue weighted by Gasteiger charge is 2.13. The van der Waals surface area contributed by atoms with Gasteiger partial charge in [-0.3, -0.25) is 4.79 Å². The molecule has 94 valence electrons. The first kappa shape index (κ1) is 12.5. The van der Waals surface area contributed by atoms with Crippen molar-refractivity contribution in [1.29, 1.82) is 0 Å². The van der Waals surface area contributed by atoms with Crippen molar-refractivity contribution >= 4 is 17.5 Å². The molecule has 2 N–H and O–H groups in total. The van der Waals surface area contributed by atoms with Crippen molar-refractivity contribution in [2.75, 3.05) is 0 Å². The molecule has 2 heterocycles. The largest absolute Gasteiger partial charge is 0.364 e. The molecular weight excluding hydrogens is 254 g/mol. The van der Waals surface area contributed by atoms with Gasteiger partial charge in [0.2, 0.25) is 0 Å². The lowest BCUT2D eigenvalue weighted by molar-refractivity contribution is 0.0995. The van der Waals surface area contributed by atoms with Gasteiger partial charge in [0.15, 0.2) is 5.82 Å². The Morgan fingerprint density at radius 3 is 2.89 bits per heavy atom. The van der Waals surface area contributed by atoms with Gasteiger partial charge in [0, 0.05) is 11.8 Å². The molecule has 2 aromatic rings. The zero-order valence-corrected chi connectivity index (χ0v) is 10.6. The second-order valence-electron chi connectivity index (χ2n) is 3.73. The number of nitrogens with two attached hydrogens (primary N) is 1. The van der Waals surface area contributed by atoms with Crippen molar-refractivity contribution in [3.8, 4) is 5.82 Å². The van der Waals surface area contributed by atoms with Gasteiger partial charge in [-0.2, -0.15) is 5.10 Å². The average Bonchev–Trinajstić information content (AvgIpc) is 2.81. The summed E-state index contributed by atoms with van der Waals surface area (Å²) < 4.78 is 1.48. The Balaban J connectivity index is 2.49. The fourth-order valence-corrected chi connectivity index (χ4v) is 1.84. The molecule has 0 aliphatic carbocycles. The van der Waals surface area contributed by atoms with E-state index in [9.17, 15) is 4.79 Å². The third-order valence-electron chi connectivity index (χ3n) is 2.43. The van der Waals surface area contributed by atoms with E-state index >= 15 is 0 Å².